The minimum Gasteiger partial charge on any atom is -0.464 e. The fourth-order valence-corrected chi connectivity index (χ4v) is 1.53. The van der Waals surface area contributed by atoms with Gasteiger partial charge in [-0.3, -0.25) is 0 Å². The number of carbonyl (C=O) groups excluding carboxylic acids is 1. The van der Waals surface area contributed by atoms with Crippen molar-refractivity contribution in [2.75, 3.05) is 11.9 Å². The summed E-state index contributed by atoms with van der Waals surface area (Å²) >= 11 is 0. The summed E-state index contributed by atoms with van der Waals surface area (Å²) in [6.07, 6.45) is 0.381. The molecule has 1 aromatic rings. The van der Waals surface area contributed by atoms with Gasteiger partial charge in [0.2, 0.25) is 0 Å². The summed E-state index contributed by atoms with van der Waals surface area (Å²) in [6.45, 7) is 5.18. The maximum absolute atomic E-state index is 13.8. The van der Waals surface area contributed by atoms with E-state index in [0.29, 0.717) is 12.0 Å². The van der Waals surface area contributed by atoms with Crippen molar-refractivity contribution in [2.45, 2.75) is 33.2 Å². The Labute approximate surface area is 105 Å². The molecule has 0 amide bonds. The van der Waals surface area contributed by atoms with Crippen LogP contribution in [-0.4, -0.2) is 18.6 Å². The van der Waals surface area contributed by atoms with Crippen LogP contribution in [0.25, 0.3) is 0 Å². The van der Waals surface area contributed by atoms with E-state index in [2.05, 4.69) is 5.32 Å². The Kier molecular flexibility index (Phi) is 5.07. The average molecular weight is 257 g/mol. The topological polar surface area (TPSA) is 38.3 Å². The maximum atomic E-state index is 13.8. The predicted octanol–water partition coefficient (Wildman–Crippen LogP) is 3.03. The van der Waals surface area contributed by atoms with Crippen molar-refractivity contribution in [2.24, 2.45) is 0 Å². The second-order valence-electron chi connectivity index (χ2n) is 3.91. The molecule has 0 saturated heterocycles. The van der Waals surface area contributed by atoms with Gasteiger partial charge < -0.3 is 10.1 Å². The van der Waals surface area contributed by atoms with Crippen molar-refractivity contribution in [3.8, 4) is 0 Å². The Morgan fingerprint density at radius 3 is 2.61 bits per heavy atom. The van der Waals surface area contributed by atoms with E-state index in [4.69, 9.17) is 4.74 Å². The first kappa shape index (κ1) is 14.4. The van der Waals surface area contributed by atoms with Gasteiger partial charge in [-0.1, -0.05) is 13.0 Å². The van der Waals surface area contributed by atoms with Crippen LogP contribution in [-0.2, 0) is 9.53 Å². The predicted molar refractivity (Wildman–Crippen MR) is 65.4 cm³/mol. The summed E-state index contributed by atoms with van der Waals surface area (Å²) in [4.78, 5) is 11.6. The molecule has 3 nitrogen and oxygen atoms in total. The number of esters is 1. The normalized spacial score (nSPS) is 12.1. The van der Waals surface area contributed by atoms with E-state index < -0.39 is 23.6 Å². The zero-order chi connectivity index (χ0) is 13.7. The molecule has 1 rings (SSSR count). The van der Waals surface area contributed by atoms with E-state index in [0.717, 1.165) is 0 Å². The fourth-order valence-electron chi connectivity index (χ4n) is 1.53. The number of hydrogen-bond donors (Lipinski definition) is 1. The molecule has 1 unspecified atom stereocenters. The van der Waals surface area contributed by atoms with Crippen molar-refractivity contribution in [1.29, 1.82) is 0 Å². The zero-order valence-corrected chi connectivity index (χ0v) is 10.7. The molecule has 0 aliphatic rings. The first-order valence-corrected chi connectivity index (χ1v) is 5.89. The molecule has 1 N–H and O–H groups in total. The number of ether oxygens (including phenoxy) is 1. The number of halogens is 2. The van der Waals surface area contributed by atoms with Gasteiger partial charge in [-0.25, -0.2) is 13.6 Å². The standard InChI is InChI=1S/C13H17F2NO2/c1-4-10(13(17)18-5-2)16-12-9(14)7-6-8(3)11(12)15/h6-7,10,16H,4-5H2,1-3H3. The van der Waals surface area contributed by atoms with Gasteiger partial charge in [0.05, 0.1) is 6.61 Å². The summed E-state index contributed by atoms with van der Waals surface area (Å²) in [5, 5.41) is 2.57. The third-order valence-electron chi connectivity index (χ3n) is 2.58. The molecular weight excluding hydrogens is 240 g/mol. The van der Waals surface area contributed by atoms with Gasteiger partial charge in [-0.15, -0.1) is 0 Å². The van der Waals surface area contributed by atoms with Crippen molar-refractivity contribution in [1.82, 2.24) is 0 Å². The molecule has 100 valence electrons. The number of anilines is 1. The average Bonchev–Trinajstić information content (AvgIpc) is 2.34. The Bertz CT molecular complexity index is 435. The molecule has 0 aliphatic carbocycles. The first-order valence-electron chi connectivity index (χ1n) is 5.89. The second-order valence-corrected chi connectivity index (χ2v) is 3.91. The highest BCUT2D eigenvalue weighted by molar-refractivity contribution is 5.79. The van der Waals surface area contributed by atoms with E-state index in [9.17, 15) is 13.6 Å². The van der Waals surface area contributed by atoms with Gasteiger partial charge in [-0.2, -0.15) is 0 Å². The smallest absolute Gasteiger partial charge is 0.328 e. The minimum atomic E-state index is -0.754. The number of benzene rings is 1. The van der Waals surface area contributed by atoms with Gasteiger partial charge in [0.25, 0.3) is 0 Å². The van der Waals surface area contributed by atoms with Gasteiger partial charge >= 0.3 is 5.97 Å². The van der Waals surface area contributed by atoms with Crippen molar-refractivity contribution < 1.29 is 18.3 Å². The van der Waals surface area contributed by atoms with Crippen molar-refractivity contribution >= 4 is 11.7 Å². The summed E-state index contributed by atoms with van der Waals surface area (Å²) in [7, 11) is 0. The van der Waals surface area contributed by atoms with E-state index in [1.54, 1.807) is 13.8 Å². The minimum absolute atomic E-state index is 0.232. The molecule has 0 radical (unpaired) electrons. The third kappa shape index (κ3) is 3.18. The van der Waals surface area contributed by atoms with Crippen LogP contribution < -0.4 is 5.32 Å². The van der Waals surface area contributed by atoms with Crippen LogP contribution >= 0.6 is 0 Å². The lowest BCUT2D eigenvalue weighted by molar-refractivity contribution is -0.144. The number of nitrogens with one attached hydrogen (secondary N) is 1. The van der Waals surface area contributed by atoms with E-state index >= 15 is 0 Å². The Morgan fingerprint density at radius 1 is 1.39 bits per heavy atom. The molecule has 1 aromatic carbocycles. The Morgan fingerprint density at radius 2 is 2.06 bits per heavy atom. The maximum Gasteiger partial charge on any atom is 0.328 e. The van der Waals surface area contributed by atoms with Crippen LogP contribution in [0.4, 0.5) is 14.5 Å². The van der Waals surface area contributed by atoms with Crippen molar-refractivity contribution in [3.63, 3.8) is 0 Å². The lowest BCUT2D eigenvalue weighted by Crippen LogP contribution is -2.31. The summed E-state index contributed by atoms with van der Waals surface area (Å²) < 4.78 is 32.1. The SMILES string of the molecule is CCOC(=O)C(CC)Nc1c(F)ccc(C)c1F. The van der Waals surface area contributed by atoms with Gasteiger partial charge in [0.15, 0.2) is 5.82 Å². The van der Waals surface area contributed by atoms with E-state index in [1.807, 2.05) is 0 Å². The van der Waals surface area contributed by atoms with Crippen LogP contribution in [0, 0.1) is 18.6 Å². The van der Waals surface area contributed by atoms with Crippen LogP contribution in [0.15, 0.2) is 12.1 Å². The highest BCUT2D eigenvalue weighted by Crippen LogP contribution is 2.23. The summed E-state index contributed by atoms with van der Waals surface area (Å²) in [5.74, 6) is -1.92. The van der Waals surface area contributed by atoms with Crippen LogP contribution in [0.5, 0.6) is 0 Å². The first-order chi connectivity index (χ1) is 8.51. The largest absolute Gasteiger partial charge is 0.464 e. The number of carbonyl (C=O) groups is 1. The van der Waals surface area contributed by atoms with Crippen LogP contribution in [0.1, 0.15) is 25.8 Å². The lowest BCUT2D eigenvalue weighted by atomic mass is 10.1. The van der Waals surface area contributed by atoms with Gasteiger partial charge in [-0.05, 0) is 31.9 Å². The molecule has 1 atom stereocenters. The second kappa shape index (κ2) is 6.33. The molecular formula is C13H17F2NO2. The highest BCUT2D eigenvalue weighted by atomic mass is 19.1. The summed E-state index contributed by atoms with van der Waals surface area (Å²) in [5.41, 5.74) is 0.0347. The quantitative estimate of drug-likeness (QED) is 0.824. The molecule has 0 aromatic heterocycles. The lowest BCUT2D eigenvalue weighted by Gasteiger charge is -2.18. The molecule has 0 aliphatic heterocycles. The van der Waals surface area contributed by atoms with E-state index in [1.165, 1.54) is 19.1 Å². The fraction of sp³-hybridized carbons (Fsp3) is 0.462. The molecule has 5 heteroatoms. The molecule has 0 heterocycles. The summed E-state index contributed by atoms with van der Waals surface area (Å²) in [6, 6.07) is 1.76. The third-order valence-corrected chi connectivity index (χ3v) is 2.58. The molecule has 0 bridgehead atoms. The highest BCUT2D eigenvalue weighted by Gasteiger charge is 2.21. The van der Waals surface area contributed by atoms with Crippen LogP contribution in [0.3, 0.4) is 0 Å². The Balaban J connectivity index is 2.95. The van der Waals surface area contributed by atoms with E-state index in [-0.39, 0.29) is 12.3 Å². The number of aryl methyl sites for hydroxylation is 1. The molecule has 0 fully saturated rings. The van der Waals surface area contributed by atoms with Gasteiger partial charge in [0.1, 0.15) is 17.5 Å². The molecule has 0 saturated carbocycles. The zero-order valence-electron chi connectivity index (χ0n) is 10.7. The molecule has 0 spiro atoms. The number of rotatable bonds is 5. The molecule has 18 heavy (non-hydrogen) atoms. The van der Waals surface area contributed by atoms with Crippen molar-refractivity contribution in [3.05, 3.63) is 29.3 Å². The van der Waals surface area contributed by atoms with Gasteiger partial charge in [0, 0.05) is 0 Å². The number of hydrogen-bond acceptors (Lipinski definition) is 3. The Hall–Kier alpha value is -1.65. The monoisotopic (exact) mass is 257 g/mol. The van der Waals surface area contributed by atoms with Crippen LogP contribution in [0.2, 0.25) is 0 Å².